The molecule has 0 aromatic heterocycles. The van der Waals surface area contributed by atoms with Crippen LogP contribution >= 0.6 is 0 Å². The maximum atomic E-state index is 9.56. The zero-order valence-corrected chi connectivity index (χ0v) is 9.91. The molecular formula is C12H25NO2. The van der Waals surface area contributed by atoms with E-state index < -0.39 is 0 Å². The third-order valence-corrected chi connectivity index (χ3v) is 3.67. The third-order valence-electron chi connectivity index (χ3n) is 3.67. The second-order valence-corrected chi connectivity index (χ2v) is 4.81. The fourth-order valence-electron chi connectivity index (χ4n) is 2.63. The van der Waals surface area contributed by atoms with Gasteiger partial charge in [0.05, 0.1) is 6.61 Å². The highest BCUT2D eigenvalue weighted by Gasteiger charge is 2.32. The number of rotatable bonds is 6. The molecular weight excluding hydrogens is 190 g/mol. The summed E-state index contributed by atoms with van der Waals surface area (Å²) in [6.07, 6.45) is 6.10. The summed E-state index contributed by atoms with van der Waals surface area (Å²) >= 11 is 0. The molecule has 90 valence electrons. The number of nitrogens with zero attached hydrogens (tertiary/aromatic N) is 1. The molecule has 1 rings (SSSR count). The zero-order valence-electron chi connectivity index (χ0n) is 9.91. The Hall–Kier alpha value is -0.120. The summed E-state index contributed by atoms with van der Waals surface area (Å²) in [4.78, 5) is 2.25. The second-order valence-electron chi connectivity index (χ2n) is 4.81. The van der Waals surface area contributed by atoms with Crippen molar-refractivity contribution < 1.29 is 10.2 Å². The molecule has 15 heavy (non-hydrogen) atoms. The molecule has 0 amide bonds. The predicted molar refractivity (Wildman–Crippen MR) is 61.8 cm³/mol. The van der Waals surface area contributed by atoms with E-state index in [4.69, 9.17) is 5.11 Å². The van der Waals surface area contributed by atoms with E-state index in [0.717, 1.165) is 32.5 Å². The highest BCUT2D eigenvalue weighted by Crippen LogP contribution is 2.36. The lowest BCUT2D eigenvalue weighted by molar-refractivity contribution is 0.0368. The van der Waals surface area contributed by atoms with Gasteiger partial charge in [-0.3, -0.25) is 0 Å². The Morgan fingerprint density at radius 2 is 1.80 bits per heavy atom. The Labute approximate surface area is 93.1 Å². The van der Waals surface area contributed by atoms with Gasteiger partial charge in [-0.2, -0.15) is 0 Å². The fourth-order valence-corrected chi connectivity index (χ4v) is 2.63. The van der Waals surface area contributed by atoms with Crippen molar-refractivity contribution in [2.45, 2.75) is 39.0 Å². The maximum Gasteiger partial charge on any atom is 0.0558 e. The van der Waals surface area contributed by atoms with Crippen LogP contribution in [0.5, 0.6) is 0 Å². The van der Waals surface area contributed by atoms with Gasteiger partial charge in [-0.05, 0) is 19.4 Å². The molecule has 0 unspecified atom stereocenters. The van der Waals surface area contributed by atoms with E-state index in [-0.39, 0.29) is 12.0 Å². The molecule has 0 atom stereocenters. The molecule has 0 aromatic rings. The average molecular weight is 215 g/mol. The van der Waals surface area contributed by atoms with Crippen molar-refractivity contribution in [3.8, 4) is 0 Å². The highest BCUT2D eigenvalue weighted by molar-refractivity contribution is 4.85. The van der Waals surface area contributed by atoms with Crippen molar-refractivity contribution in [3.63, 3.8) is 0 Å². The minimum atomic E-state index is 0.115. The molecule has 0 bridgehead atoms. The summed E-state index contributed by atoms with van der Waals surface area (Å²) in [6, 6.07) is 0. The van der Waals surface area contributed by atoms with Crippen LogP contribution in [0.15, 0.2) is 0 Å². The van der Waals surface area contributed by atoms with E-state index in [0.29, 0.717) is 6.61 Å². The van der Waals surface area contributed by atoms with Crippen LogP contribution in [0.3, 0.4) is 0 Å². The van der Waals surface area contributed by atoms with Crippen molar-refractivity contribution in [3.05, 3.63) is 0 Å². The summed E-state index contributed by atoms with van der Waals surface area (Å²) in [5.41, 5.74) is 0.115. The van der Waals surface area contributed by atoms with Gasteiger partial charge in [0, 0.05) is 25.1 Å². The first-order valence-corrected chi connectivity index (χ1v) is 6.20. The topological polar surface area (TPSA) is 43.7 Å². The van der Waals surface area contributed by atoms with Crippen LogP contribution in [0.1, 0.15) is 39.0 Å². The van der Waals surface area contributed by atoms with E-state index >= 15 is 0 Å². The van der Waals surface area contributed by atoms with Crippen molar-refractivity contribution in [1.82, 2.24) is 4.90 Å². The molecule has 1 aliphatic rings. The zero-order chi connectivity index (χ0) is 11.1. The standard InChI is InChI=1S/C12H25NO2/c1-2-13(8-9-14)10-12(11-15)6-4-3-5-7-12/h14-15H,2-11H2,1H3. The fraction of sp³-hybridized carbons (Fsp3) is 1.00. The van der Waals surface area contributed by atoms with Gasteiger partial charge in [-0.15, -0.1) is 0 Å². The van der Waals surface area contributed by atoms with Crippen LogP contribution in [0.4, 0.5) is 0 Å². The van der Waals surface area contributed by atoms with Crippen LogP contribution in [0.25, 0.3) is 0 Å². The Morgan fingerprint density at radius 3 is 2.27 bits per heavy atom. The van der Waals surface area contributed by atoms with E-state index in [1.54, 1.807) is 0 Å². The first-order chi connectivity index (χ1) is 7.26. The van der Waals surface area contributed by atoms with Crippen molar-refractivity contribution in [2.75, 3.05) is 32.8 Å². The number of hydrogen-bond donors (Lipinski definition) is 2. The SMILES string of the molecule is CCN(CCO)CC1(CO)CCCCC1. The van der Waals surface area contributed by atoms with Gasteiger partial charge in [-0.1, -0.05) is 26.2 Å². The van der Waals surface area contributed by atoms with Crippen molar-refractivity contribution in [1.29, 1.82) is 0 Å². The molecule has 1 fully saturated rings. The van der Waals surface area contributed by atoms with Crippen LogP contribution in [0.2, 0.25) is 0 Å². The van der Waals surface area contributed by atoms with Crippen molar-refractivity contribution >= 4 is 0 Å². The molecule has 1 aliphatic carbocycles. The smallest absolute Gasteiger partial charge is 0.0558 e. The maximum absolute atomic E-state index is 9.56. The van der Waals surface area contributed by atoms with Gasteiger partial charge in [0.1, 0.15) is 0 Å². The summed E-state index contributed by atoms with van der Waals surface area (Å²) in [7, 11) is 0. The molecule has 0 spiro atoms. The summed E-state index contributed by atoms with van der Waals surface area (Å²) < 4.78 is 0. The molecule has 0 radical (unpaired) electrons. The van der Waals surface area contributed by atoms with Gasteiger partial charge in [0.2, 0.25) is 0 Å². The number of aliphatic hydroxyl groups excluding tert-OH is 2. The van der Waals surface area contributed by atoms with E-state index in [2.05, 4.69) is 11.8 Å². The lowest BCUT2D eigenvalue weighted by atomic mass is 9.74. The predicted octanol–water partition coefficient (Wildman–Crippen LogP) is 1.24. The molecule has 2 N–H and O–H groups in total. The molecule has 0 aliphatic heterocycles. The number of aliphatic hydroxyl groups is 2. The first kappa shape index (κ1) is 12.9. The highest BCUT2D eigenvalue weighted by atomic mass is 16.3. The summed E-state index contributed by atoms with van der Waals surface area (Å²) in [5.74, 6) is 0. The van der Waals surface area contributed by atoms with Crippen LogP contribution in [0, 0.1) is 5.41 Å². The monoisotopic (exact) mass is 215 g/mol. The normalized spacial score (nSPS) is 20.8. The molecule has 3 nitrogen and oxygen atoms in total. The quantitative estimate of drug-likeness (QED) is 0.700. The van der Waals surface area contributed by atoms with Crippen LogP contribution in [-0.2, 0) is 0 Å². The van der Waals surface area contributed by atoms with E-state index in [9.17, 15) is 5.11 Å². The molecule has 0 aromatic carbocycles. The number of hydrogen-bond acceptors (Lipinski definition) is 3. The van der Waals surface area contributed by atoms with Gasteiger partial charge in [0.15, 0.2) is 0 Å². The summed E-state index contributed by atoms with van der Waals surface area (Å²) in [5, 5.41) is 18.5. The Balaban J connectivity index is 2.49. The number of likely N-dealkylation sites (N-methyl/N-ethyl adjacent to an activating group) is 1. The van der Waals surface area contributed by atoms with Gasteiger partial charge >= 0.3 is 0 Å². The van der Waals surface area contributed by atoms with Crippen LogP contribution < -0.4 is 0 Å². The molecule has 3 heteroatoms. The van der Waals surface area contributed by atoms with Crippen molar-refractivity contribution in [2.24, 2.45) is 5.41 Å². The largest absolute Gasteiger partial charge is 0.396 e. The van der Waals surface area contributed by atoms with Gasteiger partial charge in [-0.25, -0.2) is 0 Å². The second kappa shape index (κ2) is 6.46. The Bertz CT molecular complexity index is 167. The first-order valence-electron chi connectivity index (χ1n) is 6.20. The summed E-state index contributed by atoms with van der Waals surface area (Å²) in [6.45, 7) is 5.27. The minimum Gasteiger partial charge on any atom is -0.396 e. The van der Waals surface area contributed by atoms with E-state index in [1.807, 2.05) is 0 Å². The minimum absolute atomic E-state index is 0.115. The Morgan fingerprint density at radius 1 is 1.13 bits per heavy atom. The van der Waals surface area contributed by atoms with Gasteiger partial charge < -0.3 is 15.1 Å². The average Bonchev–Trinajstić information content (AvgIpc) is 2.30. The third kappa shape index (κ3) is 3.74. The molecule has 1 saturated carbocycles. The van der Waals surface area contributed by atoms with Gasteiger partial charge in [0.25, 0.3) is 0 Å². The van der Waals surface area contributed by atoms with E-state index in [1.165, 1.54) is 19.3 Å². The molecule has 0 heterocycles. The Kier molecular flexibility index (Phi) is 5.58. The lowest BCUT2D eigenvalue weighted by Crippen LogP contribution is -2.42. The lowest BCUT2D eigenvalue weighted by Gasteiger charge is -2.39. The molecule has 0 saturated heterocycles. The van der Waals surface area contributed by atoms with Crippen LogP contribution in [-0.4, -0.2) is 48.0 Å².